The highest BCUT2D eigenvalue weighted by molar-refractivity contribution is 7.19. The van der Waals surface area contributed by atoms with Gasteiger partial charge in [-0.1, -0.05) is 0 Å². The topological polar surface area (TPSA) is 49.0 Å². The second kappa shape index (κ2) is 6.85. The molecule has 0 aliphatic carbocycles. The molecule has 0 atom stereocenters. The van der Waals surface area contributed by atoms with E-state index in [1.54, 1.807) is 18.3 Å². The molecular weight excluding hydrogens is 325 g/mol. The quantitative estimate of drug-likeness (QED) is 0.710. The molecule has 4 nitrogen and oxygen atoms in total. The smallest absolute Gasteiger partial charge is 0.269 e. The Kier molecular flexibility index (Phi) is 4.63. The van der Waals surface area contributed by atoms with Crippen molar-refractivity contribution in [3.8, 4) is 6.07 Å². The van der Waals surface area contributed by atoms with Crippen LogP contribution in [0.15, 0.2) is 47.4 Å². The summed E-state index contributed by atoms with van der Waals surface area (Å²) in [6, 6.07) is 12.3. The van der Waals surface area contributed by atoms with Crippen LogP contribution < -0.4 is 10.5 Å². The predicted octanol–water partition coefficient (Wildman–Crippen LogP) is 3.75. The minimum Gasteiger partial charge on any atom is -0.367 e. The average molecular weight is 341 g/mol. The van der Waals surface area contributed by atoms with E-state index in [-0.39, 0.29) is 17.9 Å². The van der Waals surface area contributed by atoms with Gasteiger partial charge >= 0.3 is 0 Å². The molecule has 2 aromatic heterocycles. The van der Waals surface area contributed by atoms with Crippen LogP contribution in [0.3, 0.4) is 0 Å². The number of anilines is 1. The van der Waals surface area contributed by atoms with E-state index in [4.69, 9.17) is 5.26 Å². The summed E-state index contributed by atoms with van der Waals surface area (Å²) >= 11 is 1.45. The van der Waals surface area contributed by atoms with E-state index in [9.17, 15) is 9.18 Å². The largest absolute Gasteiger partial charge is 0.367 e. The maximum absolute atomic E-state index is 13.1. The molecule has 122 valence electrons. The minimum atomic E-state index is -0.255. The van der Waals surface area contributed by atoms with Crippen molar-refractivity contribution in [1.29, 1.82) is 5.26 Å². The van der Waals surface area contributed by atoms with Gasteiger partial charge in [-0.05, 0) is 48.7 Å². The first-order chi connectivity index (χ1) is 11.6. The molecule has 3 rings (SSSR count). The van der Waals surface area contributed by atoms with Crippen molar-refractivity contribution in [1.82, 2.24) is 4.57 Å². The highest BCUT2D eigenvalue weighted by atomic mass is 32.1. The average Bonchev–Trinajstić information content (AvgIpc) is 3.00. The van der Waals surface area contributed by atoms with Gasteiger partial charge < -0.3 is 9.47 Å². The number of halogens is 1. The van der Waals surface area contributed by atoms with Gasteiger partial charge in [-0.15, -0.1) is 11.3 Å². The lowest BCUT2D eigenvalue weighted by Crippen LogP contribution is -2.21. The molecule has 24 heavy (non-hydrogen) atoms. The Balaban J connectivity index is 1.92. The Bertz CT molecular complexity index is 953. The Hall–Kier alpha value is -2.65. The summed E-state index contributed by atoms with van der Waals surface area (Å²) in [7, 11) is 0. The Morgan fingerprint density at radius 1 is 1.29 bits per heavy atom. The maximum Gasteiger partial charge on any atom is 0.269 e. The van der Waals surface area contributed by atoms with Crippen LogP contribution in [0.2, 0.25) is 0 Å². The number of fused-ring (bicyclic) bond motifs is 1. The normalized spacial score (nSPS) is 10.7. The van der Waals surface area contributed by atoms with Crippen LogP contribution >= 0.6 is 11.3 Å². The van der Waals surface area contributed by atoms with Gasteiger partial charge in [0.2, 0.25) is 0 Å². The molecule has 0 aliphatic heterocycles. The first-order valence-electron chi connectivity index (χ1n) is 7.61. The summed E-state index contributed by atoms with van der Waals surface area (Å²) < 4.78 is 15.2. The zero-order valence-electron chi connectivity index (χ0n) is 13.2. The van der Waals surface area contributed by atoms with E-state index >= 15 is 0 Å². The molecule has 6 heteroatoms. The summed E-state index contributed by atoms with van der Waals surface area (Å²) in [5, 5.41) is 9.67. The van der Waals surface area contributed by atoms with Gasteiger partial charge in [0.15, 0.2) is 0 Å². The van der Waals surface area contributed by atoms with Gasteiger partial charge in [0, 0.05) is 23.3 Å². The lowest BCUT2D eigenvalue weighted by molar-refractivity contribution is 0.627. The third-order valence-electron chi connectivity index (χ3n) is 3.86. The van der Waals surface area contributed by atoms with E-state index in [0.29, 0.717) is 11.2 Å². The van der Waals surface area contributed by atoms with Crippen LogP contribution in [-0.4, -0.2) is 11.1 Å². The number of benzene rings is 1. The summed E-state index contributed by atoms with van der Waals surface area (Å²) in [5.41, 5.74) is 0.813. The summed E-state index contributed by atoms with van der Waals surface area (Å²) in [6.07, 6.45) is 1.65. The van der Waals surface area contributed by atoms with Crippen LogP contribution in [0, 0.1) is 17.1 Å². The molecular formula is C18H16FN3OS. The van der Waals surface area contributed by atoms with E-state index in [1.807, 2.05) is 25.1 Å². The number of aromatic nitrogens is 1. The number of rotatable bonds is 5. The number of nitrogens with zero attached hydrogens (tertiary/aromatic N) is 3. The Morgan fingerprint density at radius 2 is 2.04 bits per heavy atom. The van der Waals surface area contributed by atoms with Gasteiger partial charge in [0.05, 0.1) is 12.6 Å². The first kappa shape index (κ1) is 16.2. The lowest BCUT2D eigenvalue weighted by Gasteiger charge is -2.22. The zero-order chi connectivity index (χ0) is 17.1. The molecule has 0 bridgehead atoms. The molecule has 0 spiro atoms. The summed E-state index contributed by atoms with van der Waals surface area (Å²) in [5.74, 6) is -0.255. The van der Waals surface area contributed by atoms with Gasteiger partial charge in [-0.2, -0.15) is 5.26 Å². The molecule has 0 aliphatic rings. The minimum absolute atomic E-state index is 0.0542. The van der Waals surface area contributed by atoms with Gasteiger partial charge in [0.1, 0.15) is 17.1 Å². The van der Waals surface area contributed by atoms with Crippen LogP contribution in [0.1, 0.15) is 11.8 Å². The zero-order valence-corrected chi connectivity index (χ0v) is 14.0. The highest BCUT2D eigenvalue weighted by Crippen LogP contribution is 2.26. The van der Waals surface area contributed by atoms with Crippen molar-refractivity contribution in [3.63, 3.8) is 0 Å². The standard InChI is InChI=1S/C18H16FN3OS/c1-2-21(15-5-3-14(19)4-6-15)12-16-11-13-7-9-22(10-8-20)18(23)17(13)24-16/h3-7,9,11H,2,10,12H2,1H3. The summed E-state index contributed by atoms with van der Waals surface area (Å²) in [6.45, 7) is 3.52. The third-order valence-corrected chi connectivity index (χ3v) is 4.99. The Labute approximate surface area is 143 Å². The molecule has 0 amide bonds. The summed E-state index contributed by atoms with van der Waals surface area (Å²) in [4.78, 5) is 15.5. The van der Waals surface area contributed by atoms with Crippen LogP contribution in [0.5, 0.6) is 0 Å². The number of pyridine rings is 1. The van der Waals surface area contributed by atoms with Crippen LogP contribution in [0.25, 0.3) is 10.1 Å². The van der Waals surface area contributed by atoms with Crippen molar-refractivity contribution in [3.05, 3.63) is 63.6 Å². The van der Waals surface area contributed by atoms with Crippen molar-refractivity contribution in [2.45, 2.75) is 20.0 Å². The number of hydrogen-bond acceptors (Lipinski definition) is 4. The van der Waals surface area contributed by atoms with Crippen molar-refractivity contribution in [2.75, 3.05) is 11.4 Å². The second-order valence-corrected chi connectivity index (χ2v) is 6.53. The fraction of sp³-hybridized carbons (Fsp3) is 0.222. The third kappa shape index (κ3) is 3.17. The van der Waals surface area contributed by atoms with Gasteiger partial charge in [-0.25, -0.2) is 4.39 Å². The molecule has 0 saturated heterocycles. The van der Waals surface area contributed by atoms with E-state index in [0.717, 1.165) is 22.5 Å². The van der Waals surface area contributed by atoms with E-state index in [1.165, 1.54) is 28.0 Å². The van der Waals surface area contributed by atoms with Crippen molar-refractivity contribution in [2.24, 2.45) is 0 Å². The molecule has 2 heterocycles. The first-order valence-corrected chi connectivity index (χ1v) is 8.43. The van der Waals surface area contributed by atoms with Crippen molar-refractivity contribution < 1.29 is 4.39 Å². The Morgan fingerprint density at radius 3 is 2.71 bits per heavy atom. The molecule has 0 unspecified atom stereocenters. The lowest BCUT2D eigenvalue weighted by atomic mass is 10.2. The van der Waals surface area contributed by atoms with Gasteiger partial charge in [-0.3, -0.25) is 4.79 Å². The monoisotopic (exact) mass is 341 g/mol. The van der Waals surface area contributed by atoms with Crippen LogP contribution in [0.4, 0.5) is 10.1 Å². The number of nitriles is 1. The predicted molar refractivity (Wildman–Crippen MR) is 94.8 cm³/mol. The molecule has 3 aromatic rings. The molecule has 0 radical (unpaired) electrons. The second-order valence-electron chi connectivity index (χ2n) is 5.39. The van der Waals surface area contributed by atoms with Crippen molar-refractivity contribution >= 4 is 27.1 Å². The van der Waals surface area contributed by atoms with Gasteiger partial charge in [0.25, 0.3) is 5.56 Å². The highest BCUT2D eigenvalue weighted by Gasteiger charge is 2.11. The van der Waals surface area contributed by atoms with E-state index < -0.39 is 0 Å². The number of thiophene rings is 1. The fourth-order valence-electron chi connectivity index (χ4n) is 2.62. The molecule has 0 N–H and O–H groups in total. The number of hydrogen-bond donors (Lipinski definition) is 0. The molecule has 0 fully saturated rings. The maximum atomic E-state index is 13.1. The van der Waals surface area contributed by atoms with Crippen LogP contribution in [-0.2, 0) is 13.1 Å². The molecule has 1 aromatic carbocycles. The molecule has 0 saturated carbocycles. The van der Waals surface area contributed by atoms with E-state index in [2.05, 4.69) is 4.90 Å². The fourth-order valence-corrected chi connectivity index (χ4v) is 3.74. The SMILES string of the molecule is CCN(Cc1cc2ccn(CC#N)c(=O)c2s1)c1ccc(F)cc1.